The van der Waals surface area contributed by atoms with Crippen molar-refractivity contribution in [3.8, 4) is 0 Å². The third-order valence-electron chi connectivity index (χ3n) is 2.30. The van der Waals surface area contributed by atoms with E-state index in [0.717, 1.165) is 0 Å². The number of alkyl halides is 2. The molecule has 0 aliphatic carbocycles. The highest BCUT2D eigenvalue weighted by molar-refractivity contribution is 7.89. The molecule has 102 valence electrons. The largest absolute Gasteiger partial charge is 0.481 e. The lowest BCUT2D eigenvalue weighted by molar-refractivity contribution is -0.141. The molecule has 0 radical (unpaired) electrons. The fourth-order valence-corrected chi connectivity index (χ4v) is 2.03. The standard InChI is InChI=1S/C9H17F2NO4S/c1-6(8(13)14)4-3-5-7(2)12-17(15,16)9(10)11/h6-7,9,12H,3-5H2,1-2H3,(H,13,14). The predicted octanol–water partition coefficient (Wildman–Crippen LogP) is 1.41. The number of carboxylic acids is 1. The third-order valence-corrected chi connectivity index (χ3v) is 3.50. The third kappa shape index (κ3) is 6.52. The maximum atomic E-state index is 12.0. The summed E-state index contributed by atoms with van der Waals surface area (Å²) in [6.07, 6.45) is 1.17. The smallest absolute Gasteiger partial charge is 0.350 e. The van der Waals surface area contributed by atoms with Crippen molar-refractivity contribution in [1.82, 2.24) is 4.72 Å². The number of rotatable bonds is 8. The lowest BCUT2D eigenvalue weighted by Crippen LogP contribution is -2.36. The number of hydrogen-bond donors (Lipinski definition) is 2. The van der Waals surface area contributed by atoms with Gasteiger partial charge >= 0.3 is 11.7 Å². The Morgan fingerprint density at radius 1 is 1.29 bits per heavy atom. The maximum absolute atomic E-state index is 12.0. The van der Waals surface area contributed by atoms with Gasteiger partial charge in [0.25, 0.3) is 10.0 Å². The highest BCUT2D eigenvalue weighted by atomic mass is 32.2. The summed E-state index contributed by atoms with van der Waals surface area (Å²) in [6, 6.07) is -0.630. The number of carbonyl (C=O) groups is 1. The highest BCUT2D eigenvalue weighted by Gasteiger charge is 2.25. The van der Waals surface area contributed by atoms with Crippen LogP contribution in [0.3, 0.4) is 0 Å². The molecular formula is C9H17F2NO4S. The monoisotopic (exact) mass is 273 g/mol. The summed E-state index contributed by atoms with van der Waals surface area (Å²) in [7, 11) is -4.56. The van der Waals surface area contributed by atoms with Gasteiger partial charge in [0, 0.05) is 6.04 Å². The van der Waals surface area contributed by atoms with E-state index in [0.29, 0.717) is 19.3 Å². The summed E-state index contributed by atoms with van der Waals surface area (Å²) in [5.74, 6) is -4.89. The molecule has 0 aliphatic heterocycles. The van der Waals surface area contributed by atoms with E-state index in [1.807, 2.05) is 4.72 Å². The van der Waals surface area contributed by atoms with Crippen molar-refractivity contribution in [2.24, 2.45) is 5.92 Å². The Morgan fingerprint density at radius 2 is 1.82 bits per heavy atom. The van der Waals surface area contributed by atoms with Crippen molar-refractivity contribution < 1.29 is 27.1 Å². The first-order valence-corrected chi connectivity index (χ1v) is 6.73. The van der Waals surface area contributed by atoms with Gasteiger partial charge in [0.15, 0.2) is 0 Å². The molecule has 5 nitrogen and oxygen atoms in total. The van der Waals surface area contributed by atoms with Gasteiger partial charge in [-0.15, -0.1) is 0 Å². The molecule has 17 heavy (non-hydrogen) atoms. The SMILES string of the molecule is CC(CCCC(C)C(=O)O)NS(=O)(=O)C(F)F. The number of hydrogen-bond acceptors (Lipinski definition) is 3. The molecule has 0 rings (SSSR count). The summed E-state index contributed by atoms with van der Waals surface area (Å²) in [6.45, 7) is 3.00. The normalized spacial score (nSPS) is 15.8. The quantitative estimate of drug-likeness (QED) is 0.700. The van der Waals surface area contributed by atoms with Gasteiger partial charge in [-0.1, -0.05) is 13.3 Å². The minimum Gasteiger partial charge on any atom is -0.481 e. The molecule has 0 aromatic heterocycles. The van der Waals surface area contributed by atoms with Crippen LogP contribution in [0.15, 0.2) is 0 Å². The fraction of sp³-hybridized carbons (Fsp3) is 0.889. The zero-order valence-corrected chi connectivity index (χ0v) is 10.5. The van der Waals surface area contributed by atoms with E-state index in [2.05, 4.69) is 0 Å². The van der Waals surface area contributed by atoms with Gasteiger partial charge in [0.2, 0.25) is 0 Å². The van der Waals surface area contributed by atoms with Crippen LogP contribution in [-0.4, -0.2) is 31.3 Å². The number of nitrogens with one attached hydrogen (secondary N) is 1. The van der Waals surface area contributed by atoms with Crippen LogP contribution >= 0.6 is 0 Å². The molecule has 2 N–H and O–H groups in total. The second-order valence-electron chi connectivity index (χ2n) is 3.99. The molecule has 0 saturated carbocycles. The fourth-order valence-electron chi connectivity index (χ4n) is 1.24. The first kappa shape index (κ1) is 16.2. The van der Waals surface area contributed by atoms with Gasteiger partial charge in [-0.2, -0.15) is 8.78 Å². The van der Waals surface area contributed by atoms with E-state index in [9.17, 15) is 22.0 Å². The molecule has 0 aromatic rings. The molecule has 0 aromatic carbocycles. The van der Waals surface area contributed by atoms with E-state index in [1.165, 1.54) is 13.8 Å². The van der Waals surface area contributed by atoms with E-state index in [-0.39, 0.29) is 0 Å². The Labute approximate surface area is 99.3 Å². The van der Waals surface area contributed by atoms with Gasteiger partial charge < -0.3 is 5.11 Å². The number of sulfonamides is 1. The predicted molar refractivity (Wildman–Crippen MR) is 58.2 cm³/mol. The van der Waals surface area contributed by atoms with Gasteiger partial charge in [0.05, 0.1) is 5.92 Å². The zero-order valence-electron chi connectivity index (χ0n) is 9.69. The lowest BCUT2D eigenvalue weighted by Gasteiger charge is -2.14. The Balaban J connectivity index is 3.97. The molecule has 0 fully saturated rings. The van der Waals surface area contributed by atoms with Crippen LogP contribution in [0.2, 0.25) is 0 Å². The van der Waals surface area contributed by atoms with Crippen LogP contribution in [0.1, 0.15) is 33.1 Å². The first-order chi connectivity index (χ1) is 7.66. The van der Waals surface area contributed by atoms with E-state index in [4.69, 9.17) is 5.11 Å². The molecule has 0 saturated heterocycles. The highest BCUT2D eigenvalue weighted by Crippen LogP contribution is 2.11. The van der Waals surface area contributed by atoms with Crippen LogP contribution in [0.4, 0.5) is 8.78 Å². The van der Waals surface area contributed by atoms with Gasteiger partial charge in [0.1, 0.15) is 0 Å². The molecule has 0 aliphatic rings. The zero-order chi connectivity index (χ0) is 13.6. The van der Waals surface area contributed by atoms with Crippen LogP contribution in [0.25, 0.3) is 0 Å². The van der Waals surface area contributed by atoms with Crippen molar-refractivity contribution in [2.45, 2.75) is 44.9 Å². The Bertz CT molecular complexity index is 345. The summed E-state index contributed by atoms with van der Waals surface area (Å²) in [5, 5.41) is 8.60. The minimum atomic E-state index is -4.56. The molecule has 0 heterocycles. The topological polar surface area (TPSA) is 83.5 Å². The molecule has 0 bridgehead atoms. The summed E-state index contributed by atoms with van der Waals surface area (Å²) < 4.78 is 47.4. The van der Waals surface area contributed by atoms with Gasteiger partial charge in [-0.3, -0.25) is 4.79 Å². The second-order valence-corrected chi connectivity index (χ2v) is 5.68. The van der Waals surface area contributed by atoms with E-state index in [1.54, 1.807) is 0 Å². The average molecular weight is 273 g/mol. The summed E-state index contributed by atoms with van der Waals surface area (Å²) in [5.41, 5.74) is 0. The summed E-state index contributed by atoms with van der Waals surface area (Å²) >= 11 is 0. The Morgan fingerprint density at radius 3 is 2.24 bits per heavy atom. The first-order valence-electron chi connectivity index (χ1n) is 5.19. The van der Waals surface area contributed by atoms with Crippen LogP contribution in [-0.2, 0) is 14.8 Å². The van der Waals surface area contributed by atoms with Crippen molar-refractivity contribution in [3.63, 3.8) is 0 Å². The average Bonchev–Trinajstić information content (AvgIpc) is 2.16. The number of halogens is 2. The number of carboxylic acid groups (broad SMARTS) is 1. The van der Waals surface area contributed by atoms with Crippen LogP contribution < -0.4 is 4.72 Å². The Hall–Kier alpha value is -0.760. The molecule has 2 atom stereocenters. The van der Waals surface area contributed by atoms with Crippen LogP contribution in [0, 0.1) is 5.92 Å². The van der Waals surface area contributed by atoms with E-state index < -0.39 is 33.7 Å². The van der Waals surface area contributed by atoms with Crippen molar-refractivity contribution >= 4 is 16.0 Å². The minimum absolute atomic E-state index is 0.323. The van der Waals surface area contributed by atoms with E-state index >= 15 is 0 Å². The summed E-state index contributed by atoms with van der Waals surface area (Å²) in [4.78, 5) is 10.5. The molecule has 8 heteroatoms. The Kier molecular flexibility index (Phi) is 6.54. The van der Waals surface area contributed by atoms with Gasteiger partial charge in [-0.05, 0) is 19.8 Å². The maximum Gasteiger partial charge on any atom is 0.350 e. The molecular weight excluding hydrogens is 256 g/mol. The van der Waals surface area contributed by atoms with Crippen molar-refractivity contribution in [3.05, 3.63) is 0 Å². The molecule has 2 unspecified atom stereocenters. The molecule has 0 amide bonds. The molecule has 0 spiro atoms. The van der Waals surface area contributed by atoms with Crippen molar-refractivity contribution in [1.29, 1.82) is 0 Å². The second kappa shape index (κ2) is 6.85. The van der Waals surface area contributed by atoms with Gasteiger partial charge in [-0.25, -0.2) is 13.1 Å². The number of aliphatic carboxylic acids is 1. The lowest BCUT2D eigenvalue weighted by atomic mass is 10.0. The van der Waals surface area contributed by atoms with Crippen LogP contribution in [0.5, 0.6) is 0 Å². The van der Waals surface area contributed by atoms with Crippen molar-refractivity contribution in [2.75, 3.05) is 0 Å².